The van der Waals surface area contributed by atoms with Crippen molar-refractivity contribution in [1.29, 1.82) is 0 Å². The number of methoxy groups -OCH3 is 1. The summed E-state index contributed by atoms with van der Waals surface area (Å²) >= 11 is 4.56. The Morgan fingerprint density at radius 2 is 2.00 bits per heavy atom. The largest absolute Gasteiger partial charge is 0.377 e. The number of ether oxygens (including phenoxy) is 1. The highest BCUT2D eigenvalue weighted by Gasteiger charge is 2.19. The van der Waals surface area contributed by atoms with Crippen LogP contribution >= 0.6 is 12.6 Å². The maximum absolute atomic E-state index is 5.63. The van der Waals surface area contributed by atoms with Gasteiger partial charge in [-0.1, -0.05) is 44.7 Å². The summed E-state index contributed by atoms with van der Waals surface area (Å²) in [4.78, 5) is 6.53. The first-order chi connectivity index (χ1) is 13.4. The molecule has 0 N–H and O–H groups in total. The molecule has 0 fully saturated rings. The molecule has 0 bridgehead atoms. The molecule has 4 nitrogen and oxygen atoms in total. The van der Waals surface area contributed by atoms with E-state index in [1.165, 1.54) is 5.57 Å². The number of allylic oxidation sites excluding steroid dienone is 3. The maximum atomic E-state index is 5.63. The Balaban J connectivity index is 2.53. The summed E-state index contributed by atoms with van der Waals surface area (Å²) in [6.45, 7) is 10.4. The molecule has 0 aliphatic heterocycles. The molecule has 2 atom stereocenters. The van der Waals surface area contributed by atoms with Crippen molar-refractivity contribution in [3.63, 3.8) is 0 Å². The third kappa shape index (κ3) is 4.97. The number of nitrogens with zero attached hydrogens (tertiary/aromatic N) is 3. The summed E-state index contributed by atoms with van der Waals surface area (Å²) in [6, 6.07) is 10.1. The van der Waals surface area contributed by atoms with E-state index in [9.17, 15) is 0 Å². The van der Waals surface area contributed by atoms with Crippen LogP contribution in [0, 0.1) is 5.92 Å². The lowest BCUT2D eigenvalue weighted by atomic mass is 9.93. The van der Waals surface area contributed by atoms with Crippen molar-refractivity contribution in [2.45, 2.75) is 38.5 Å². The number of imidazole rings is 1. The van der Waals surface area contributed by atoms with Gasteiger partial charge in [-0.05, 0) is 49.1 Å². The van der Waals surface area contributed by atoms with Gasteiger partial charge in [0.15, 0.2) is 5.16 Å². The van der Waals surface area contributed by atoms with E-state index < -0.39 is 0 Å². The number of para-hydroxylation sites is 1. The molecule has 1 heterocycles. The predicted octanol–water partition coefficient (Wildman–Crippen LogP) is 5.67. The number of hydrogen-bond acceptors (Lipinski definition) is 4. The molecular weight excluding hydrogens is 366 g/mol. The first-order valence-electron chi connectivity index (χ1n) is 9.57. The standard InChI is InChI=1S/C23H31N3OS/c1-7-12-20(15-21(17(3)8-2)18(4)27-6)25(5)22-16-24-23(28)26(22)19-13-10-9-11-14-19/h7,9-18H,1,8H2,2-6H3,(H,24,28)/b20-12+,21-15-. The molecule has 0 radical (unpaired) electrons. The summed E-state index contributed by atoms with van der Waals surface area (Å²) in [7, 11) is 3.78. The van der Waals surface area contributed by atoms with Crippen molar-refractivity contribution in [2.24, 2.45) is 5.92 Å². The van der Waals surface area contributed by atoms with Crippen LogP contribution in [0.3, 0.4) is 0 Å². The second-order valence-corrected chi connectivity index (χ2v) is 7.21. The first kappa shape index (κ1) is 22.1. The molecule has 2 rings (SSSR count). The molecule has 5 heteroatoms. The molecule has 0 saturated heterocycles. The van der Waals surface area contributed by atoms with Crippen molar-refractivity contribution in [2.75, 3.05) is 19.1 Å². The number of likely N-dealkylation sites (N-methyl/N-ethyl adjacent to an activating group) is 1. The number of rotatable bonds is 9. The van der Waals surface area contributed by atoms with Gasteiger partial charge in [-0.3, -0.25) is 4.57 Å². The van der Waals surface area contributed by atoms with E-state index in [1.54, 1.807) is 13.2 Å². The summed E-state index contributed by atoms with van der Waals surface area (Å²) in [5, 5.41) is 0.641. The van der Waals surface area contributed by atoms with Gasteiger partial charge in [0.1, 0.15) is 5.82 Å². The van der Waals surface area contributed by atoms with Gasteiger partial charge in [0.25, 0.3) is 0 Å². The predicted molar refractivity (Wildman–Crippen MR) is 122 cm³/mol. The highest BCUT2D eigenvalue weighted by molar-refractivity contribution is 7.80. The Hall–Kier alpha value is -2.24. The van der Waals surface area contributed by atoms with Crippen molar-refractivity contribution in [1.82, 2.24) is 9.55 Å². The molecular formula is C23H31N3OS. The van der Waals surface area contributed by atoms with E-state index in [0.717, 1.165) is 23.6 Å². The lowest BCUT2D eigenvalue weighted by Gasteiger charge is -2.26. The zero-order chi connectivity index (χ0) is 20.7. The lowest BCUT2D eigenvalue weighted by molar-refractivity contribution is 0.138. The van der Waals surface area contributed by atoms with Crippen molar-refractivity contribution < 1.29 is 4.74 Å². The minimum atomic E-state index is 0.0380. The van der Waals surface area contributed by atoms with E-state index in [4.69, 9.17) is 4.74 Å². The van der Waals surface area contributed by atoms with E-state index >= 15 is 0 Å². The molecule has 0 spiro atoms. The van der Waals surface area contributed by atoms with Gasteiger partial charge >= 0.3 is 0 Å². The van der Waals surface area contributed by atoms with Gasteiger partial charge in [0.2, 0.25) is 0 Å². The summed E-state index contributed by atoms with van der Waals surface area (Å²) in [6.07, 6.45) is 8.93. The van der Waals surface area contributed by atoms with E-state index in [2.05, 4.69) is 55.9 Å². The second kappa shape index (κ2) is 10.3. The number of anilines is 1. The molecule has 0 amide bonds. The minimum Gasteiger partial charge on any atom is -0.377 e. The maximum Gasteiger partial charge on any atom is 0.171 e. The van der Waals surface area contributed by atoms with Crippen molar-refractivity contribution in [3.05, 3.63) is 72.6 Å². The van der Waals surface area contributed by atoms with Crippen LogP contribution in [0.5, 0.6) is 0 Å². The molecule has 0 aliphatic carbocycles. The second-order valence-electron chi connectivity index (χ2n) is 6.81. The fourth-order valence-electron chi connectivity index (χ4n) is 3.11. The number of hydrogen-bond donors (Lipinski definition) is 1. The molecule has 2 aromatic rings. The Morgan fingerprint density at radius 3 is 2.57 bits per heavy atom. The monoisotopic (exact) mass is 397 g/mol. The van der Waals surface area contributed by atoms with Crippen molar-refractivity contribution in [3.8, 4) is 5.69 Å². The first-order valence-corrected chi connectivity index (χ1v) is 10.0. The van der Waals surface area contributed by atoms with E-state index in [0.29, 0.717) is 11.1 Å². The normalized spacial score (nSPS) is 14.6. The Morgan fingerprint density at radius 1 is 1.32 bits per heavy atom. The van der Waals surface area contributed by atoms with Crippen LogP contribution in [-0.2, 0) is 4.74 Å². The average Bonchev–Trinajstić information content (AvgIpc) is 3.11. The van der Waals surface area contributed by atoms with Crippen LogP contribution in [-0.4, -0.2) is 29.8 Å². The van der Waals surface area contributed by atoms with Gasteiger partial charge in [0.05, 0.1) is 12.3 Å². The van der Waals surface area contributed by atoms with Gasteiger partial charge in [-0.25, -0.2) is 4.98 Å². The SMILES string of the molecule is C=C/C=C(\C=C(\C(C)CC)C(C)OC)N(C)c1cnc(S)n1-c1ccccc1. The Bertz CT molecular complexity index is 827. The van der Waals surface area contributed by atoms with Gasteiger partial charge in [-0.15, -0.1) is 12.6 Å². The highest BCUT2D eigenvalue weighted by Crippen LogP contribution is 2.29. The molecule has 0 saturated carbocycles. The fraction of sp³-hybridized carbons (Fsp3) is 0.348. The van der Waals surface area contributed by atoms with Crippen molar-refractivity contribution >= 4 is 18.4 Å². The van der Waals surface area contributed by atoms with Gasteiger partial charge in [-0.2, -0.15) is 0 Å². The highest BCUT2D eigenvalue weighted by atomic mass is 32.1. The zero-order valence-electron chi connectivity index (χ0n) is 17.5. The smallest absolute Gasteiger partial charge is 0.171 e. The number of aromatic nitrogens is 2. The number of thiol groups is 1. The zero-order valence-corrected chi connectivity index (χ0v) is 18.4. The summed E-state index contributed by atoms with van der Waals surface area (Å²) < 4.78 is 7.65. The average molecular weight is 398 g/mol. The van der Waals surface area contributed by atoms with Crippen LogP contribution in [0.4, 0.5) is 5.82 Å². The Kier molecular flexibility index (Phi) is 8.15. The van der Waals surface area contributed by atoms with Crippen LogP contribution in [0.15, 0.2) is 77.8 Å². The lowest BCUT2D eigenvalue weighted by Crippen LogP contribution is -2.21. The summed E-state index contributed by atoms with van der Waals surface area (Å²) in [5.74, 6) is 1.34. The third-order valence-corrected chi connectivity index (χ3v) is 5.39. The number of benzene rings is 1. The molecule has 28 heavy (non-hydrogen) atoms. The van der Waals surface area contributed by atoms with Crippen LogP contribution in [0.2, 0.25) is 0 Å². The van der Waals surface area contributed by atoms with E-state index in [1.807, 2.05) is 54.2 Å². The van der Waals surface area contributed by atoms with Gasteiger partial charge in [0, 0.05) is 25.5 Å². The van der Waals surface area contributed by atoms with Crippen LogP contribution in [0.25, 0.3) is 5.69 Å². The molecule has 150 valence electrons. The molecule has 1 aromatic heterocycles. The Labute approximate surface area is 174 Å². The molecule has 1 aromatic carbocycles. The van der Waals surface area contributed by atoms with Crippen LogP contribution < -0.4 is 4.90 Å². The van der Waals surface area contributed by atoms with Crippen LogP contribution in [0.1, 0.15) is 27.2 Å². The van der Waals surface area contributed by atoms with E-state index in [-0.39, 0.29) is 6.10 Å². The fourth-order valence-corrected chi connectivity index (χ4v) is 3.38. The third-order valence-electron chi connectivity index (χ3n) is 5.08. The van der Waals surface area contributed by atoms with Gasteiger partial charge < -0.3 is 9.64 Å². The topological polar surface area (TPSA) is 30.3 Å². The minimum absolute atomic E-state index is 0.0380. The quantitative estimate of drug-likeness (QED) is 0.436. The molecule has 2 unspecified atom stereocenters. The summed E-state index contributed by atoms with van der Waals surface area (Å²) in [5.41, 5.74) is 3.28. The molecule has 0 aliphatic rings.